The van der Waals surface area contributed by atoms with Crippen LogP contribution in [0.5, 0.6) is 0 Å². The third-order valence-corrected chi connectivity index (χ3v) is 2.75. The fourth-order valence-corrected chi connectivity index (χ4v) is 1.51. The molecule has 0 spiro atoms. The van der Waals surface area contributed by atoms with Crippen molar-refractivity contribution < 1.29 is 18.7 Å². The minimum atomic E-state index is -0.883. The number of aliphatic hydroxyl groups excluding tert-OH is 1. The zero-order valence-electron chi connectivity index (χ0n) is 10.5. The minimum Gasteiger partial charge on any atom is -0.393 e. The number of hydrogen-bond acceptors (Lipinski definition) is 2. The Labute approximate surface area is 105 Å². The molecule has 0 aliphatic carbocycles. The van der Waals surface area contributed by atoms with Gasteiger partial charge in [0.1, 0.15) is 17.2 Å². The van der Waals surface area contributed by atoms with Gasteiger partial charge in [-0.25, -0.2) is 8.78 Å². The average Bonchev–Trinajstić information content (AvgIpc) is 2.34. The maximum Gasteiger partial charge on any atom is 0.257 e. The largest absolute Gasteiger partial charge is 0.393 e. The van der Waals surface area contributed by atoms with Gasteiger partial charge in [-0.3, -0.25) is 4.79 Å². The third-order valence-electron chi connectivity index (χ3n) is 2.75. The molecule has 1 aromatic carbocycles. The van der Waals surface area contributed by atoms with Crippen LogP contribution >= 0.6 is 0 Å². The average molecular weight is 257 g/mol. The first-order valence-electron chi connectivity index (χ1n) is 5.88. The Morgan fingerprint density at radius 3 is 2.72 bits per heavy atom. The van der Waals surface area contributed by atoms with Crippen molar-refractivity contribution in [2.75, 3.05) is 6.54 Å². The number of halogens is 2. The van der Waals surface area contributed by atoms with Crippen LogP contribution in [-0.4, -0.2) is 23.7 Å². The molecule has 0 aliphatic heterocycles. The molecule has 0 fully saturated rings. The van der Waals surface area contributed by atoms with Crippen LogP contribution in [0.1, 0.15) is 35.7 Å². The maximum atomic E-state index is 13.6. The van der Waals surface area contributed by atoms with Gasteiger partial charge in [0, 0.05) is 6.54 Å². The van der Waals surface area contributed by atoms with Crippen LogP contribution in [-0.2, 0) is 0 Å². The molecule has 2 N–H and O–H groups in total. The zero-order valence-corrected chi connectivity index (χ0v) is 10.5. The van der Waals surface area contributed by atoms with E-state index >= 15 is 0 Å². The van der Waals surface area contributed by atoms with Crippen molar-refractivity contribution in [1.29, 1.82) is 0 Å². The highest BCUT2D eigenvalue weighted by Crippen LogP contribution is 2.16. The summed E-state index contributed by atoms with van der Waals surface area (Å²) in [6.45, 7) is 3.46. The molecule has 0 bridgehead atoms. The van der Waals surface area contributed by atoms with E-state index in [0.717, 1.165) is 6.07 Å². The smallest absolute Gasteiger partial charge is 0.257 e. The van der Waals surface area contributed by atoms with Crippen molar-refractivity contribution in [2.45, 2.75) is 32.8 Å². The number of nitrogens with one attached hydrogen (secondary N) is 1. The molecule has 18 heavy (non-hydrogen) atoms. The highest BCUT2D eigenvalue weighted by atomic mass is 19.1. The number of rotatable bonds is 5. The molecule has 0 saturated heterocycles. The van der Waals surface area contributed by atoms with E-state index < -0.39 is 29.2 Å². The van der Waals surface area contributed by atoms with Gasteiger partial charge < -0.3 is 10.4 Å². The van der Waals surface area contributed by atoms with E-state index in [1.807, 2.05) is 6.92 Å². The van der Waals surface area contributed by atoms with Crippen LogP contribution in [0.3, 0.4) is 0 Å². The normalized spacial score (nSPS) is 12.3. The second-order valence-corrected chi connectivity index (χ2v) is 4.16. The van der Waals surface area contributed by atoms with Gasteiger partial charge in [0.05, 0.1) is 6.10 Å². The molecule has 0 radical (unpaired) electrons. The molecule has 0 saturated carbocycles. The minimum absolute atomic E-state index is 0.181. The van der Waals surface area contributed by atoms with Crippen molar-refractivity contribution in [2.24, 2.45) is 0 Å². The third kappa shape index (κ3) is 3.50. The zero-order chi connectivity index (χ0) is 13.7. The van der Waals surface area contributed by atoms with Crippen LogP contribution in [0, 0.1) is 18.6 Å². The number of benzene rings is 1. The van der Waals surface area contributed by atoms with E-state index in [1.165, 1.54) is 13.0 Å². The summed E-state index contributed by atoms with van der Waals surface area (Å²) in [6.07, 6.45) is 0.415. The molecule has 3 nitrogen and oxygen atoms in total. The van der Waals surface area contributed by atoms with Crippen LogP contribution < -0.4 is 5.32 Å². The molecule has 100 valence electrons. The van der Waals surface area contributed by atoms with E-state index in [2.05, 4.69) is 5.32 Å². The quantitative estimate of drug-likeness (QED) is 0.849. The van der Waals surface area contributed by atoms with Crippen molar-refractivity contribution in [3.8, 4) is 0 Å². The molecule has 1 amide bonds. The Bertz CT molecular complexity index is 435. The predicted molar refractivity (Wildman–Crippen MR) is 64.3 cm³/mol. The Kier molecular flexibility index (Phi) is 5.22. The molecule has 1 aromatic rings. The highest BCUT2D eigenvalue weighted by Gasteiger charge is 2.18. The number of carbonyl (C=O) groups excluding carboxylic acids is 1. The van der Waals surface area contributed by atoms with E-state index in [-0.39, 0.29) is 12.1 Å². The standard InChI is InChI=1S/C13H17F2NO2/c1-3-9(17)6-7-16-13(18)11-10(14)5-4-8(2)12(11)15/h4-5,9,17H,3,6-7H2,1-2H3,(H,16,18). The second-order valence-electron chi connectivity index (χ2n) is 4.16. The maximum absolute atomic E-state index is 13.6. The summed E-state index contributed by atoms with van der Waals surface area (Å²) in [5.74, 6) is -2.52. The summed E-state index contributed by atoms with van der Waals surface area (Å²) in [4.78, 5) is 11.6. The lowest BCUT2D eigenvalue weighted by Crippen LogP contribution is -2.28. The summed E-state index contributed by atoms with van der Waals surface area (Å²) >= 11 is 0. The lowest BCUT2D eigenvalue weighted by molar-refractivity contribution is 0.0933. The molecule has 0 aromatic heterocycles. The lowest BCUT2D eigenvalue weighted by atomic mass is 10.1. The highest BCUT2D eigenvalue weighted by molar-refractivity contribution is 5.94. The number of aliphatic hydroxyl groups is 1. The van der Waals surface area contributed by atoms with Crippen molar-refractivity contribution >= 4 is 5.91 Å². The van der Waals surface area contributed by atoms with E-state index in [9.17, 15) is 18.7 Å². The van der Waals surface area contributed by atoms with E-state index in [0.29, 0.717) is 12.8 Å². The van der Waals surface area contributed by atoms with Crippen LogP contribution in [0.15, 0.2) is 12.1 Å². The van der Waals surface area contributed by atoms with Gasteiger partial charge in [0.25, 0.3) is 5.91 Å². The molecular formula is C13H17F2NO2. The number of hydrogen-bond donors (Lipinski definition) is 2. The second kappa shape index (κ2) is 6.44. The molecular weight excluding hydrogens is 240 g/mol. The van der Waals surface area contributed by atoms with Crippen molar-refractivity contribution in [3.05, 3.63) is 34.9 Å². The summed E-state index contributed by atoms with van der Waals surface area (Å²) in [6, 6.07) is 2.34. The number of carbonyl (C=O) groups is 1. The lowest BCUT2D eigenvalue weighted by Gasteiger charge is -2.10. The van der Waals surface area contributed by atoms with Gasteiger partial charge in [0.15, 0.2) is 0 Å². The van der Waals surface area contributed by atoms with E-state index in [4.69, 9.17) is 0 Å². The van der Waals surface area contributed by atoms with Gasteiger partial charge in [-0.15, -0.1) is 0 Å². The number of aryl methyl sites for hydroxylation is 1. The molecule has 5 heteroatoms. The van der Waals surface area contributed by atoms with E-state index in [1.54, 1.807) is 0 Å². The Morgan fingerprint density at radius 2 is 2.11 bits per heavy atom. The monoisotopic (exact) mass is 257 g/mol. The first-order chi connectivity index (χ1) is 8.47. The van der Waals surface area contributed by atoms with Crippen molar-refractivity contribution in [1.82, 2.24) is 5.32 Å². The van der Waals surface area contributed by atoms with Gasteiger partial charge in [-0.2, -0.15) is 0 Å². The first-order valence-corrected chi connectivity index (χ1v) is 5.88. The Morgan fingerprint density at radius 1 is 1.44 bits per heavy atom. The molecule has 0 heterocycles. The van der Waals surface area contributed by atoms with Crippen LogP contribution in [0.4, 0.5) is 8.78 Å². The fourth-order valence-electron chi connectivity index (χ4n) is 1.51. The number of amides is 1. The van der Waals surface area contributed by atoms with Crippen LogP contribution in [0.25, 0.3) is 0 Å². The van der Waals surface area contributed by atoms with Crippen molar-refractivity contribution in [3.63, 3.8) is 0 Å². The Balaban J connectivity index is 2.70. The van der Waals surface area contributed by atoms with Crippen LogP contribution in [0.2, 0.25) is 0 Å². The molecule has 1 atom stereocenters. The summed E-state index contributed by atoms with van der Waals surface area (Å²) in [5, 5.41) is 11.7. The van der Waals surface area contributed by atoms with Gasteiger partial charge in [0.2, 0.25) is 0 Å². The molecule has 1 unspecified atom stereocenters. The van der Waals surface area contributed by atoms with Gasteiger partial charge in [-0.1, -0.05) is 13.0 Å². The fraction of sp³-hybridized carbons (Fsp3) is 0.462. The topological polar surface area (TPSA) is 49.3 Å². The first kappa shape index (κ1) is 14.6. The SMILES string of the molecule is CCC(O)CCNC(=O)c1c(F)ccc(C)c1F. The summed E-state index contributed by atoms with van der Waals surface area (Å²) in [7, 11) is 0. The predicted octanol–water partition coefficient (Wildman–Crippen LogP) is 2.16. The molecule has 0 aliphatic rings. The summed E-state index contributed by atoms with van der Waals surface area (Å²) in [5.41, 5.74) is -0.351. The molecule has 1 rings (SSSR count). The Hall–Kier alpha value is -1.49. The summed E-state index contributed by atoms with van der Waals surface area (Å²) < 4.78 is 27.0. The van der Waals surface area contributed by atoms with Gasteiger partial charge in [-0.05, 0) is 31.4 Å². The van der Waals surface area contributed by atoms with Gasteiger partial charge >= 0.3 is 0 Å².